The van der Waals surface area contributed by atoms with Gasteiger partial charge in [-0.2, -0.15) is 0 Å². The third kappa shape index (κ3) is 6.83. The zero-order valence-corrected chi connectivity index (χ0v) is 10.4. The second kappa shape index (κ2) is 7.16. The molecule has 5 nitrogen and oxygen atoms in total. The lowest BCUT2D eigenvalue weighted by Crippen LogP contribution is -2.43. The maximum atomic E-state index is 11.4. The molecular weight excluding hydrogens is 218 g/mol. The van der Waals surface area contributed by atoms with Gasteiger partial charge in [-0.3, -0.25) is 0 Å². The second-order valence-electron chi connectivity index (χ2n) is 3.67. The Kier molecular flexibility index (Phi) is 7.08. The zero-order valence-electron chi connectivity index (χ0n) is 9.56. The summed E-state index contributed by atoms with van der Waals surface area (Å²) in [5, 5.41) is 8.58. The average Bonchev–Trinajstić information content (AvgIpc) is 2.11. The van der Waals surface area contributed by atoms with Gasteiger partial charge in [-0.15, -0.1) is 0 Å². The number of hydrogen-bond acceptors (Lipinski definition) is 4. The standard InChI is InChI=1S/C9H21NO4S/c1-4-14-7-9(8(2)3)10-15(12,13)6-5-11/h8-11H,4-7H2,1-3H3. The Bertz CT molecular complexity index is 251. The molecule has 0 fully saturated rings. The van der Waals surface area contributed by atoms with E-state index >= 15 is 0 Å². The third-order valence-corrected chi connectivity index (χ3v) is 3.38. The van der Waals surface area contributed by atoms with E-state index in [1.165, 1.54) is 0 Å². The number of aliphatic hydroxyl groups is 1. The normalized spacial score (nSPS) is 14.5. The highest BCUT2D eigenvalue weighted by Crippen LogP contribution is 2.04. The van der Waals surface area contributed by atoms with Crippen molar-refractivity contribution in [2.75, 3.05) is 25.6 Å². The van der Waals surface area contributed by atoms with E-state index in [2.05, 4.69) is 4.72 Å². The Morgan fingerprint density at radius 1 is 1.40 bits per heavy atom. The van der Waals surface area contributed by atoms with Gasteiger partial charge in [0.2, 0.25) is 10.0 Å². The number of rotatable bonds is 8. The molecule has 92 valence electrons. The fourth-order valence-corrected chi connectivity index (χ4v) is 2.18. The highest BCUT2D eigenvalue weighted by Gasteiger charge is 2.20. The summed E-state index contributed by atoms with van der Waals surface area (Å²) in [6.45, 7) is 6.26. The molecule has 6 heteroatoms. The molecule has 2 N–H and O–H groups in total. The van der Waals surface area contributed by atoms with E-state index in [9.17, 15) is 8.42 Å². The summed E-state index contributed by atoms with van der Waals surface area (Å²) in [5.74, 6) is -0.104. The van der Waals surface area contributed by atoms with E-state index in [1.54, 1.807) is 0 Å². The maximum Gasteiger partial charge on any atom is 0.214 e. The largest absolute Gasteiger partial charge is 0.395 e. The lowest BCUT2D eigenvalue weighted by Gasteiger charge is -2.21. The van der Waals surface area contributed by atoms with Crippen LogP contribution >= 0.6 is 0 Å². The van der Waals surface area contributed by atoms with Gasteiger partial charge in [0, 0.05) is 12.6 Å². The number of sulfonamides is 1. The van der Waals surface area contributed by atoms with Gasteiger partial charge in [0.15, 0.2) is 0 Å². The Morgan fingerprint density at radius 3 is 2.40 bits per heavy atom. The van der Waals surface area contributed by atoms with Gasteiger partial charge in [0.25, 0.3) is 0 Å². The van der Waals surface area contributed by atoms with Crippen molar-refractivity contribution in [3.8, 4) is 0 Å². The van der Waals surface area contributed by atoms with Gasteiger partial charge in [0.05, 0.1) is 19.0 Å². The Morgan fingerprint density at radius 2 is 2.00 bits per heavy atom. The van der Waals surface area contributed by atoms with Crippen LogP contribution in [0.5, 0.6) is 0 Å². The first kappa shape index (κ1) is 14.8. The summed E-state index contributed by atoms with van der Waals surface area (Å²) < 4.78 is 30.5. The van der Waals surface area contributed by atoms with E-state index < -0.39 is 10.0 Å². The van der Waals surface area contributed by atoms with Crippen molar-refractivity contribution in [3.63, 3.8) is 0 Å². The van der Waals surface area contributed by atoms with E-state index in [1.807, 2.05) is 20.8 Å². The fourth-order valence-electron chi connectivity index (χ4n) is 1.02. The van der Waals surface area contributed by atoms with Crippen LogP contribution in [-0.4, -0.2) is 45.1 Å². The Hall–Kier alpha value is -0.170. The predicted molar refractivity (Wildman–Crippen MR) is 59.1 cm³/mol. The SMILES string of the molecule is CCOCC(NS(=O)(=O)CCO)C(C)C. The summed E-state index contributed by atoms with van der Waals surface area (Å²) in [4.78, 5) is 0. The summed E-state index contributed by atoms with van der Waals surface area (Å²) in [7, 11) is -3.39. The van der Waals surface area contributed by atoms with Crippen molar-refractivity contribution >= 4 is 10.0 Å². The molecule has 0 bridgehead atoms. The Labute approximate surface area is 91.9 Å². The van der Waals surface area contributed by atoms with Crippen molar-refractivity contribution in [2.24, 2.45) is 5.92 Å². The molecule has 0 aromatic heterocycles. The molecular formula is C9H21NO4S. The second-order valence-corrected chi connectivity index (χ2v) is 5.54. The molecule has 1 unspecified atom stereocenters. The number of ether oxygens (including phenoxy) is 1. The third-order valence-electron chi connectivity index (χ3n) is 2.00. The number of aliphatic hydroxyl groups excluding tert-OH is 1. The minimum atomic E-state index is -3.39. The van der Waals surface area contributed by atoms with Gasteiger partial charge in [-0.05, 0) is 12.8 Å². The van der Waals surface area contributed by atoms with E-state index in [4.69, 9.17) is 9.84 Å². The minimum Gasteiger partial charge on any atom is -0.395 e. The van der Waals surface area contributed by atoms with Crippen LogP contribution in [0.25, 0.3) is 0 Å². The van der Waals surface area contributed by atoms with Gasteiger partial charge in [0.1, 0.15) is 0 Å². The van der Waals surface area contributed by atoms with Crippen molar-refractivity contribution < 1.29 is 18.3 Å². The molecule has 0 heterocycles. The van der Waals surface area contributed by atoms with Crippen LogP contribution in [0.3, 0.4) is 0 Å². The van der Waals surface area contributed by atoms with Crippen molar-refractivity contribution in [3.05, 3.63) is 0 Å². The first-order valence-electron chi connectivity index (χ1n) is 5.11. The first-order valence-corrected chi connectivity index (χ1v) is 6.76. The van der Waals surface area contributed by atoms with Gasteiger partial charge >= 0.3 is 0 Å². The van der Waals surface area contributed by atoms with Crippen LogP contribution in [0.15, 0.2) is 0 Å². The quantitative estimate of drug-likeness (QED) is 0.623. The summed E-state index contributed by atoms with van der Waals surface area (Å²) in [5.41, 5.74) is 0. The molecule has 0 spiro atoms. The van der Waals surface area contributed by atoms with Gasteiger partial charge in [-0.1, -0.05) is 13.8 Å². The van der Waals surface area contributed by atoms with Crippen LogP contribution in [0.1, 0.15) is 20.8 Å². The topological polar surface area (TPSA) is 75.6 Å². The molecule has 15 heavy (non-hydrogen) atoms. The van der Waals surface area contributed by atoms with Crippen LogP contribution in [0.4, 0.5) is 0 Å². The molecule has 0 saturated heterocycles. The maximum absolute atomic E-state index is 11.4. The molecule has 0 aliphatic heterocycles. The zero-order chi connectivity index (χ0) is 11.9. The van der Waals surface area contributed by atoms with Crippen molar-refractivity contribution in [1.29, 1.82) is 0 Å². The summed E-state index contributed by atoms with van der Waals surface area (Å²) >= 11 is 0. The van der Waals surface area contributed by atoms with Gasteiger partial charge < -0.3 is 9.84 Å². The van der Waals surface area contributed by atoms with Crippen LogP contribution in [0, 0.1) is 5.92 Å². The lowest BCUT2D eigenvalue weighted by molar-refractivity contribution is 0.116. The number of hydrogen-bond donors (Lipinski definition) is 2. The smallest absolute Gasteiger partial charge is 0.214 e. The molecule has 0 aliphatic rings. The van der Waals surface area contributed by atoms with E-state index in [0.29, 0.717) is 13.2 Å². The monoisotopic (exact) mass is 239 g/mol. The molecule has 0 rings (SSSR count). The summed E-state index contributed by atoms with van der Waals surface area (Å²) in [6, 6.07) is -0.235. The fraction of sp³-hybridized carbons (Fsp3) is 1.00. The highest BCUT2D eigenvalue weighted by atomic mass is 32.2. The number of nitrogens with one attached hydrogen (secondary N) is 1. The lowest BCUT2D eigenvalue weighted by atomic mass is 10.1. The van der Waals surface area contributed by atoms with Crippen LogP contribution in [-0.2, 0) is 14.8 Å². The minimum absolute atomic E-state index is 0.157. The van der Waals surface area contributed by atoms with Crippen LogP contribution < -0.4 is 4.72 Å². The molecule has 0 aliphatic carbocycles. The molecule has 0 amide bonds. The highest BCUT2D eigenvalue weighted by molar-refractivity contribution is 7.89. The van der Waals surface area contributed by atoms with Crippen molar-refractivity contribution in [2.45, 2.75) is 26.8 Å². The van der Waals surface area contributed by atoms with Gasteiger partial charge in [-0.25, -0.2) is 13.1 Å². The predicted octanol–water partition coefficient (Wildman–Crippen LogP) is -0.0408. The summed E-state index contributed by atoms with van der Waals surface area (Å²) in [6.07, 6.45) is 0. The first-order chi connectivity index (χ1) is 6.93. The molecule has 0 aromatic carbocycles. The van der Waals surface area contributed by atoms with Crippen molar-refractivity contribution in [1.82, 2.24) is 4.72 Å². The molecule has 0 aromatic rings. The van der Waals surface area contributed by atoms with Crippen LogP contribution in [0.2, 0.25) is 0 Å². The molecule has 1 atom stereocenters. The average molecular weight is 239 g/mol. The van der Waals surface area contributed by atoms with E-state index in [0.717, 1.165) is 0 Å². The van der Waals surface area contributed by atoms with E-state index in [-0.39, 0.29) is 24.3 Å². The molecule has 0 radical (unpaired) electrons. The molecule has 0 saturated carbocycles. The Balaban J connectivity index is 4.27.